The molecule has 0 spiro atoms. The summed E-state index contributed by atoms with van der Waals surface area (Å²) in [6, 6.07) is 13.9. The number of hydrogen-bond donors (Lipinski definition) is 1. The van der Waals surface area contributed by atoms with Crippen LogP contribution in [0.1, 0.15) is 11.1 Å². The minimum absolute atomic E-state index is 0.0999. The molecule has 0 atom stereocenters. The van der Waals surface area contributed by atoms with Crippen molar-refractivity contribution in [2.24, 2.45) is 5.10 Å². The summed E-state index contributed by atoms with van der Waals surface area (Å²) in [7, 11) is 1.56. The van der Waals surface area contributed by atoms with E-state index in [-0.39, 0.29) is 12.4 Å². The molecule has 10 nitrogen and oxygen atoms in total. The van der Waals surface area contributed by atoms with Gasteiger partial charge in [0.05, 0.1) is 39.8 Å². The minimum Gasteiger partial charge on any atom is -0.493 e. The number of ether oxygens (including phenoxy) is 4. The van der Waals surface area contributed by atoms with Crippen LogP contribution < -0.4 is 24.7 Å². The van der Waals surface area contributed by atoms with Gasteiger partial charge in [-0.05, 0) is 29.8 Å². The Morgan fingerprint density at radius 2 is 1.68 bits per heavy atom. The summed E-state index contributed by atoms with van der Waals surface area (Å²) in [5, 5.41) is 4.40. The summed E-state index contributed by atoms with van der Waals surface area (Å²) in [5.41, 5.74) is 4.31. The van der Waals surface area contributed by atoms with Gasteiger partial charge in [0.2, 0.25) is 5.95 Å². The molecule has 0 aliphatic carbocycles. The lowest BCUT2D eigenvalue weighted by molar-refractivity contribution is 0.121. The van der Waals surface area contributed by atoms with Crippen molar-refractivity contribution < 1.29 is 23.3 Å². The summed E-state index contributed by atoms with van der Waals surface area (Å²) >= 11 is 0. The van der Waals surface area contributed by atoms with Gasteiger partial charge in [-0.2, -0.15) is 15.1 Å². The third-order valence-electron chi connectivity index (χ3n) is 6.25. The Morgan fingerprint density at radius 3 is 2.42 bits per heavy atom. The Kier molecular flexibility index (Phi) is 8.46. The van der Waals surface area contributed by atoms with Crippen molar-refractivity contribution in [1.82, 2.24) is 9.97 Å². The van der Waals surface area contributed by atoms with E-state index >= 15 is 0 Å². The molecule has 200 valence electrons. The van der Waals surface area contributed by atoms with Gasteiger partial charge in [0.1, 0.15) is 18.2 Å². The predicted molar refractivity (Wildman–Crippen MR) is 143 cm³/mol. The lowest BCUT2D eigenvalue weighted by atomic mass is 10.2. The molecule has 2 aromatic carbocycles. The fourth-order valence-corrected chi connectivity index (χ4v) is 4.17. The van der Waals surface area contributed by atoms with Gasteiger partial charge in [0, 0.05) is 37.8 Å². The first-order chi connectivity index (χ1) is 18.7. The molecule has 3 heterocycles. The van der Waals surface area contributed by atoms with Gasteiger partial charge in [0.25, 0.3) is 0 Å². The number of aromatic nitrogens is 2. The van der Waals surface area contributed by atoms with Crippen molar-refractivity contribution in [3.05, 3.63) is 65.5 Å². The van der Waals surface area contributed by atoms with E-state index in [2.05, 4.69) is 20.3 Å². The van der Waals surface area contributed by atoms with Crippen LogP contribution in [0.5, 0.6) is 11.5 Å². The van der Waals surface area contributed by atoms with Gasteiger partial charge >= 0.3 is 0 Å². The fraction of sp³-hybridized carbons (Fsp3) is 0.370. The standard InChI is InChI=1S/C27H31FN6O4/c1-35-24-16-20(6-7-23(24)38-19-21-4-2-3-5-22(21)28)18-29-32-25-17-26(33-8-12-36-13-9-33)31-27(30-25)34-10-14-37-15-11-34/h2-7,16-18H,8-15,19H2,1H3,(H,30,31,32)/b29-18+. The highest BCUT2D eigenvalue weighted by molar-refractivity contribution is 5.81. The molecule has 3 aromatic rings. The highest BCUT2D eigenvalue weighted by Gasteiger charge is 2.19. The van der Waals surface area contributed by atoms with E-state index in [4.69, 9.17) is 28.9 Å². The Bertz CT molecular complexity index is 1210. The van der Waals surface area contributed by atoms with Crippen molar-refractivity contribution in [2.45, 2.75) is 6.61 Å². The average molecular weight is 523 g/mol. The van der Waals surface area contributed by atoms with Crippen LogP contribution >= 0.6 is 0 Å². The lowest BCUT2D eigenvalue weighted by Crippen LogP contribution is -2.39. The molecule has 5 rings (SSSR count). The molecular formula is C27H31FN6O4. The SMILES string of the molecule is COc1cc(/C=N/Nc2cc(N3CCOCC3)nc(N3CCOCC3)n2)ccc1OCc1ccccc1F. The number of benzene rings is 2. The first kappa shape index (κ1) is 25.7. The number of morpholine rings is 2. The molecule has 2 aliphatic heterocycles. The van der Waals surface area contributed by atoms with E-state index in [0.29, 0.717) is 55.3 Å². The molecule has 38 heavy (non-hydrogen) atoms. The Labute approximate surface area is 221 Å². The zero-order chi connectivity index (χ0) is 26.2. The third kappa shape index (κ3) is 6.48. The van der Waals surface area contributed by atoms with Crippen molar-refractivity contribution >= 4 is 23.8 Å². The zero-order valence-corrected chi connectivity index (χ0v) is 21.3. The second kappa shape index (κ2) is 12.5. The maximum absolute atomic E-state index is 13.9. The van der Waals surface area contributed by atoms with E-state index in [1.54, 1.807) is 43.7 Å². The highest BCUT2D eigenvalue weighted by Crippen LogP contribution is 2.29. The smallest absolute Gasteiger partial charge is 0.229 e. The molecule has 11 heteroatoms. The van der Waals surface area contributed by atoms with Gasteiger partial charge in [-0.3, -0.25) is 5.43 Å². The van der Waals surface area contributed by atoms with Crippen LogP contribution in [0.2, 0.25) is 0 Å². The van der Waals surface area contributed by atoms with Crippen LogP contribution in [-0.2, 0) is 16.1 Å². The van der Waals surface area contributed by atoms with Gasteiger partial charge in [-0.15, -0.1) is 0 Å². The summed E-state index contributed by atoms with van der Waals surface area (Å²) in [6.45, 7) is 5.74. The van der Waals surface area contributed by atoms with Gasteiger partial charge in [0.15, 0.2) is 17.3 Å². The second-order valence-electron chi connectivity index (χ2n) is 8.77. The van der Waals surface area contributed by atoms with Crippen molar-refractivity contribution in [3.63, 3.8) is 0 Å². The van der Waals surface area contributed by atoms with Crippen LogP contribution in [0.15, 0.2) is 53.6 Å². The maximum Gasteiger partial charge on any atom is 0.229 e. The number of nitrogens with one attached hydrogen (secondary N) is 1. The molecule has 0 saturated carbocycles. The Hall–Kier alpha value is -3.96. The van der Waals surface area contributed by atoms with Crippen LogP contribution in [0.25, 0.3) is 0 Å². The van der Waals surface area contributed by atoms with Crippen molar-refractivity contribution in [1.29, 1.82) is 0 Å². The lowest BCUT2D eigenvalue weighted by Gasteiger charge is -2.31. The largest absolute Gasteiger partial charge is 0.493 e. The second-order valence-corrected chi connectivity index (χ2v) is 8.77. The summed E-state index contributed by atoms with van der Waals surface area (Å²) in [6.07, 6.45) is 1.67. The van der Waals surface area contributed by atoms with Crippen LogP contribution in [-0.4, -0.2) is 75.9 Å². The summed E-state index contributed by atoms with van der Waals surface area (Å²) in [4.78, 5) is 13.8. The van der Waals surface area contributed by atoms with Gasteiger partial charge in [-0.25, -0.2) is 4.39 Å². The normalized spacial score (nSPS) is 16.1. The number of methoxy groups -OCH3 is 1. The zero-order valence-electron chi connectivity index (χ0n) is 21.3. The van der Waals surface area contributed by atoms with E-state index in [9.17, 15) is 4.39 Å². The van der Waals surface area contributed by atoms with Gasteiger partial charge in [-0.1, -0.05) is 18.2 Å². The first-order valence-electron chi connectivity index (χ1n) is 12.6. The van der Waals surface area contributed by atoms with Gasteiger partial charge < -0.3 is 28.7 Å². The maximum atomic E-state index is 13.9. The molecule has 2 saturated heterocycles. The molecule has 2 fully saturated rings. The molecule has 0 unspecified atom stereocenters. The minimum atomic E-state index is -0.306. The number of hydrazone groups is 1. The molecule has 0 amide bonds. The van der Waals surface area contributed by atoms with Crippen LogP contribution in [0, 0.1) is 5.82 Å². The quantitative estimate of drug-likeness (QED) is 0.336. The van der Waals surface area contributed by atoms with E-state index in [0.717, 1.165) is 37.6 Å². The molecule has 0 bridgehead atoms. The topological polar surface area (TPSA) is 93.6 Å². The fourth-order valence-electron chi connectivity index (χ4n) is 4.17. The molecule has 1 aromatic heterocycles. The first-order valence-corrected chi connectivity index (χ1v) is 12.6. The molecule has 2 aliphatic rings. The van der Waals surface area contributed by atoms with E-state index < -0.39 is 0 Å². The Balaban J connectivity index is 1.29. The molecule has 1 N–H and O–H groups in total. The van der Waals surface area contributed by atoms with E-state index in [1.807, 2.05) is 12.1 Å². The predicted octanol–water partition coefficient (Wildman–Crippen LogP) is 3.32. The van der Waals surface area contributed by atoms with E-state index in [1.165, 1.54) is 6.07 Å². The van der Waals surface area contributed by atoms with Crippen LogP contribution in [0.3, 0.4) is 0 Å². The Morgan fingerprint density at radius 1 is 0.947 bits per heavy atom. The number of halogens is 1. The van der Waals surface area contributed by atoms with Crippen molar-refractivity contribution in [2.75, 3.05) is 74.9 Å². The van der Waals surface area contributed by atoms with Crippen LogP contribution in [0.4, 0.5) is 22.0 Å². The summed E-state index contributed by atoms with van der Waals surface area (Å²) < 4.78 is 36.2. The molecule has 0 radical (unpaired) electrons. The number of rotatable bonds is 9. The number of nitrogens with zero attached hydrogens (tertiary/aromatic N) is 5. The third-order valence-corrected chi connectivity index (χ3v) is 6.25. The monoisotopic (exact) mass is 522 g/mol. The average Bonchev–Trinajstić information content (AvgIpc) is 2.98. The number of hydrogen-bond acceptors (Lipinski definition) is 10. The number of anilines is 3. The summed E-state index contributed by atoms with van der Waals surface area (Å²) in [5.74, 6) is 2.81. The molecular weight excluding hydrogens is 491 g/mol. The van der Waals surface area contributed by atoms with Crippen molar-refractivity contribution in [3.8, 4) is 11.5 Å². The highest BCUT2D eigenvalue weighted by atomic mass is 19.1.